The normalized spacial score (nSPS) is 14.9. The smallest absolute Gasteiger partial charge is 0.194 e. The summed E-state index contributed by atoms with van der Waals surface area (Å²) in [6, 6.07) is 1.52. The molecule has 2 unspecified atom stereocenters. The monoisotopic (exact) mass is 231 g/mol. The highest BCUT2D eigenvalue weighted by molar-refractivity contribution is 5.23. The summed E-state index contributed by atoms with van der Waals surface area (Å²) in [4.78, 5) is 0. The Labute approximate surface area is 93.5 Å². The van der Waals surface area contributed by atoms with Gasteiger partial charge in [0.15, 0.2) is 17.5 Å². The van der Waals surface area contributed by atoms with E-state index in [9.17, 15) is 13.2 Å². The summed E-state index contributed by atoms with van der Waals surface area (Å²) >= 11 is 0. The second-order valence-corrected chi connectivity index (χ2v) is 4.06. The van der Waals surface area contributed by atoms with Crippen LogP contribution in [0.5, 0.6) is 0 Å². The minimum Gasteiger partial charge on any atom is -0.324 e. The van der Waals surface area contributed by atoms with Gasteiger partial charge in [-0.05, 0) is 18.4 Å². The van der Waals surface area contributed by atoms with Crippen LogP contribution in [0.1, 0.15) is 38.3 Å². The molecule has 0 amide bonds. The molecular formula is C12H16F3N. The molecule has 1 aromatic carbocycles. The zero-order valence-corrected chi connectivity index (χ0v) is 9.43. The fraction of sp³-hybridized carbons (Fsp3) is 0.500. The Morgan fingerprint density at radius 3 is 2.38 bits per heavy atom. The zero-order valence-electron chi connectivity index (χ0n) is 9.43. The summed E-state index contributed by atoms with van der Waals surface area (Å²) in [7, 11) is 0. The van der Waals surface area contributed by atoms with E-state index in [0.29, 0.717) is 0 Å². The maximum Gasteiger partial charge on any atom is 0.194 e. The van der Waals surface area contributed by atoms with Gasteiger partial charge in [0, 0.05) is 11.6 Å². The molecule has 2 N–H and O–H groups in total. The second-order valence-electron chi connectivity index (χ2n) is 4.06. The van der Waals surface area contributed by atoms with Gasteiger partial charge < -0.3 is 5.73 Å². The molecule has 2 atom stereocenters. The summed E-state index contributed by atoms with van der Waals surface area (Å²) < 4.78 is 39.1. The summed E-state index contributed by atoms with van der Waals surface area (Å²) in [5.41, 5.74) is 5.86. The highest BCUT2D eigenvalue weighted by atomic mass is 19.2. The minimum atomic E-state index is -1.45. The predicted molar refractivity (Wildman–Crippen MR) is 57.3 cm³/mol. The average molecular weight is 231 g/mol. The van der Waals surface area contributed by atoms with Crippen molar-refractivity contribution in [3.63, 3.8) is 0 Å². The molecular weight excluding hydrogens is 215 g/mol. The summed E-state index contributed by atoms with van der Waals surface area (Å²) in [6.45, 7) is 3.86. The molecule has 4 heteroatoms. The topological polar surface area (TPSA) is 26.0 Å². The first kappa shape index (κ1) is 13.0. The molecule has 0 aliphatic carbocycles. The van der Waals surface area contributed by atoms with Gasteiger partial charge in [-0.15, -0.1) is 0 Å². The summed E-state index contributed by atoms with van der Waals surface area (Å²) in [6.07, 6.45) is 1.74. The Kier molecular flexibility index (Phi) is 4.35. The summed E-state index contributed by atoms with van der Waals surface area (Å²) in [5, 5.41) is 0. The van der Waals surface area contributed by atoms with Crippen LogP contribution in [-0.4, -0.2) is 0 Å². The predicted octanol–water partition coefficient (Wildman–Crippen LogP) is 3.54. The summed E-state index contributed by atoms with van der Waals surface area (Å²) in [5.74, 6) is -3.77. The van der Waals surface area contributed by atoms with E-state index >= 15 is 0 Å². The van der Waals surface area contributed by atoms with Gasteiger partial charge in [0.2, 0.25) is 0 Å². The molecule has 0 aromatic heterocycles. The zero-order chi connectivity index (χ0) is 12.3. The van der Waals surface area contributed by atoms with Crippen molar-refractivity contribution in [1.29, 1.82) is 0 Å². The Morgan fingerprint density at radius 1 is 1.19 bits per heavy atom. The Hall–Kier alpha value is -1.03. The minimum absolute atomic E-state index is 0.0318. The van der Waals surface area contributed by atoms with Crippen molar-refractivity contribution >= 4 is 0 Å². The number of nitrogens with two attached hydrogens (primary N) is 1. The number of hydrogen-bond acceptors (Lipinski definition) is 1. The molecule has 16 heavy (non-hydrogen) atoms. The van der Waals surface area contributed by atoms with Gasteiger partial charge >= 0.3 is 0 Å². The first-order valence-corrected chi connectivity index (χ1v) is 5.38. The van der Waals surface area contributed by atoms with E-state index in [1.165, 1.54) is 6.07 Å². The first-order valence-electron chi connectivity index (χ1n) is 5.38. The molecule has 0 spiro atoms. The molecule has 90 valence electrons. The van der Waals surface area contributed by atoms with Crippen molar-refractivity contribution in [2.24, 2.45) is 11.7 Å². The van der Waals surface area contributed by atoms with E-state index < -0.39 is 23.5 Å². The lowest BCUT2D eigenvalue weighted by atomic mass is 9.91. The Balaban J connectivity index is 3.00. The molecule has 0 bridgehead atoms. The molecule has 0 saturated carbocycles. The van der Waals surface area contributed by atoms with Crippen LogP contribution in [0.3, 0.4) is 0 Å². The maximum atomic E-state index is 13.4. The van der Waals surface area contributed by atoms with Crippen molar-refractivity contribution in [3.05, 3.63) is 35.1 Å². The lowest BCUT2D eigenvalue weighted by molar-refractivity contribution is 0.395. The average Bonchev–Trinajstić information content (AvgIpc) is 2.26. The van der Waals surface area contributed by atoms with E-state index in [0.717, 1.165) is 18.9 Å². The van der Waals surface area contributed by atoms with Gasteiger partial charge in [-0.3, -0.25) is 0 Å². The molecule has 0 radical (unpaired) electrons. The molecule has 0 heterocycles. The number of hydrogen-bond donors (Lipinski definition) is 1. The standard InChI is InChI=1S/C12H16F3N/c1-3-4-7(2)12(16)8-5-6-9(13)11(15)10(8)14/h5-7,12H,3-4,16H2,1-2H3. The van der Waals surface area contributed by atoms with Crippen molar-refractivity contribution in [2.45, 2.75) is 32.7 Å². The number of benzene rings is 1. The van der Waals surface area contributed by atoms with Crippen LogP contribution in [-0.2, 0) is 0 Å². The van der Waals surface area contributed by atoms with Crippen LogP contribution in [0.15, 0.2) is 12.1 Å². The van der Waals surface area contributed by atoms with Gasteiger partial charge in [-0.2, -0.15) is 0 Å². The van der Waals surface area contributed by atoms with Gasteiger partial charge in [0.25, 0.3) is 0 Å². The molecule has 1 aromatic rings. The van der Waals surface area contributed by atoms with Crippen LogP contribution in [0.4, 0.5) is 13.2 Å². The highest BCUT2D eigenvalue weighted by Crippen LogP contribution is 2.27. The van der Waals surface area contributed by atoms with Crippen molar-refractivity contribution in [2.75, 3.05) is 0 Å². The largest absolute Gasteiger partial charge is 0.324 e. The number of halogens is 3. The molecule has 1 rings (SSSR count). The first-order chi connectivity index (χ1) is 7.49. The Bertz CT molecular complexity index is 366. The SMILES string of the molecule is CCCC(C)C(N)c1ccc(F)c(F)c1F. The van der Waals surface area contributed by atoms with Gasteiger partial charge in [-0.1, -0.05) is 26.3 Å². The van der Waals surface area contributed by atoms with E-state index in [4.69, 9.17) is 5.73 Å². The van der Waals surface area contributed by atoms with Gasteiger partial charge in [0.1, 0.15) is 0 Å². The third-order valence-electron chi connectivity index (χ3n) is 2.78. The van der Waals surface area contributed by atoms with Crippen molar-refractivity contribution < 1.29 is 13.2 Å². The van der Waals surface area contributed by atoms with E-state index in [-0.39, 0.29) is 11.5 Å². The number of rotatable bonds is 4. The van der Waals surface area contributed by atoms with E-state index in [1.54, 1.807) is 0 Å². The molecule has 0 saturated heterocycles. The second kappa shape index (κ2) is 5.34. The molecule has 1 nitrogen and oxygen atoms in total. The van der Waals surface area contributed by atoms with Crippen LogP contribution in [0.25, 0.3) is 0 Å². The lowest BCUT2D eigenvalue weighted by Crippen LogP contribution is -2.21. The third kappa shape index (κ3) is 2.55. The van der Waals surface area contributed by atoms with Crippen molar-refractivity contribution in [1.82, 2.24) is 0 Å². The fourth-order valence-corrected chi connectivity index (χ4v) is 1.74. The van der Waals surface area contributed by atoms with Gasteiger partial charge in [0.05, 0.1) is 0 Å². The quantitative estimate of drug-likeness (QED) is 0.788. The van der Waals surface area contributed by atoms with Crippen LogP contribution in [0.2, 0.25) is 0 Å². The van der Waals surface area contributed by atoms with E-state index in [2.05, 4.69) is 0 Å². The van der Waals surface area contributed by atoms with E-state index in [1.807, 2.05) is 13.8 Å². The van der Waals surface area contributed by atoms with Crippen LogP contribution < -0.4 is 5.73 Å². The van der Waals surface area contributed by atoms with Gasteiger partial charge in [-0.25, -0.2) is 13.2 Å². The van der Waals surface area contributed by atoms with Crippen LogP contribution in [0, 0.1) is 23.4 Å². The maximum absolute atomic E-state index is 13.4. The lowest BCUT2D eigenvalue weighted by Gasteiger charge is -2.20. The highest BCUT2D eigenvalue weighted by Gasteiger charge is 2.21. The Morgan fingerprint density at radius 2 is 1.81 bits per heavy atom. The van der Waals surface area contributed by atoms with Crippen LogP contribution >= 0.6 is 0 Å². The fourth-order valence-electron chi connectivity index (χ4n) is 1.74. The van der Waals surface area contributed by atoms with Crippen molar-refractivity contribution in [3.8, 4) is 0 Å². The molecule has 0 aliphatic heterocycles. The third-order valence-corrected chi connectivity index (χ3v) is 2.78. The molecule has 0 fully saturated rings. The molecule has 0 aliphatic rings.